The minimum Gasteiger partial charge on any atom is -0.488 e. The lowest BCUT2D eigenvalue weighted by Crippen LogP contribution is -2.05. The van der Waals surface area contributed by atoms with E-state index in [0.29, 0.717) is 13.2 Å². The first-order valence-corrected chi connectivity index (χ1v) is 8.74. The van der Waals surface area contributed by atoms with Crippen LogP contribution in [0.2, 0.25) is 0 Å². The zero-order valence-corrected chi connectivity index (χ0v) is 14.1. The maximum atomic E-state index is 14.5. The Kier molecular flexibility index (Phi) is 3.61. The second-order valence-corrected chi connectivity index (χ2v) is 6.64. The van der Waals surface area contributed by atoms with Gasteiger partial charge < -0.3 is 9.47 Å². The van der Waals surface area contributed by atoms with Crippen LogP contribution >= 0.6 is 0 Å². The lowest BCUT2D eigenvalue weighted by atomic mass is 9.95. The molecule has 1 aliphatic rings. The summed E-state index contributed by atoms with van der Waals surface area (Å²) in [7, 11) is 0. The number of hydrogen-bond acceptors (Lipinski definition) is 2. The lowest BCUT2D eigenvalue weighted by Gasteiger charge is -2.11. The van der Waals surface area contributed by atoms with Crippen molar-refractivity contribution in [1.82, 2.24) is 0 Å². The fourth-order valence-electron chi connectivity index (χ4n) is 3.35. The summed E-state index contributed by atoms with van der Waals surface area (Å²) in [6.45, 7) is 1.10. The molecular formula is C23H17FO2. The van der Waals surface area contributed by atoms with Gasteiger partial charge in [-0.1, -0.05) is 48.5 Å². The molecule has 0 bridgehead atoms. The van der Waals surface area contributed by atoms with Crippen molar-refractivity contribution in [2.24, 2.45) is 0 Å². The number of fused-ring (bicyclic) bond motifs is 2. The van der Waals surface area contributed by atoms with Crippen molar-refractivity contribution in [3.63, 3.8) is 0 Å². The van der Waals surface area contributed by atoms with Gasteiger partial charge in [-0.15, -0.1) is 0 Å². The first-order chi connectivity index (χ1) is 12.8. The predicted molar refractivity (Wildman–Crippen MR) is 102 cm³/mol. The highest BCUT2D eigenvalue weighted by Gasteiger charge is 2.23. The van der Waals surface area contributed by atoms with Crippen molar-refractivity contribution < 1.29 is 13.9 Å². The zero-order valence-electron chi connectivity index (χ0n) is 14.1. The Hall–Kier alpha value is -2.91. The van der Waals surface area contributed by atoms with E-state index >= 15 is 0 Å². The van der Waals surface area contributed by atoms with Gasteiger partial charge in [0.15, 0.2) is 11.6 Å². The minimum atomic E-state index is -0.346. The van der Waals surface area contributed by atoms with E-state index < -0.39 is 0 Å². The fraction of sp³-hybridized carbons (Fsp3) is 0.130. The van der Waals surface area contributed by atoms with E-state index in [4.69, 9.17) is 9.47 Å². The van der Waals surface area contributed by atoms with Crippen molar-refractivity contribution in [2.45, 2.75) is 6.10 Å². The largest absolute Gasteiger partial charge is 0.488 e. The molecule has 1 atom stereocenters. The van der Waals surface area contributed by atoms with Crippen LogP contribution in [0.4, 0.5) is 4.39 Å². The average molecular weight is 344 g/mol. The molecule has 0 spiro atoms. The molecule has 0 saturated carbocycles. The monoisotopic (exact) mass is 344 g/mol. The second kappa shape index (κ2) is 6.11. The molecule has 4 aromatic carbocycles. The van der Waals surface area contributed by atoms with Crippen LogP contribution in [0.3, 0.4) is 0 Å². The Morgan fingerprint density at radius 1 is 0.885 bits per heavy atom. The summed E-state index contributed by atoms with van der Waals surface area (Å²) < 4.78 is 25.1. The van der Waals surface area contributed by atoms with Crippen LogP contribution in [0.15, 0.2) is 72.8 Å². The van der Waals surface area contributed by atoms with Gasteiger partial charge in [-0.2, -0.15) is 0 Å². The van der Waals surface area contributed by atoms with Gasteiger partial charge in [0.05, 0.1) is 6.61 Å². The molecule has 26 heavy (non-hydrogen) atoms. The molecule has 0 aromatic heterocycles. The van der Waals surface area contributed by atoms with Crippen molar-refractivity contribution in [2.75, 3.05) is 13.2 Å². The normalized spacial score (nSPS) is 16.1. The Morgan fingerprint density at radius 2 is 1.65 bits per heavy atom. The van der Waals surface area contributed by atoms with E-state index in [1.54, 1.807) is 12.1 Å². The summed E-state index contributed by atoms with van der Waals surface area (Å²) in [6, 6.07) is 23.9. The highest BCUT2D eigenvalue weighted by Crippen LogP contribution is 2.33. The van der Waals surface area contributed by atoms with Gasteiger partial charge in [0.25, 0.3) is 0 Å². The maximum absolute atomic E-state index is 14.5. The summed E-state index contributed by atoms with van der Waals surface area (Å²) in [5, 5.41) is 4.64. The Labute approximate surface area is 150 Å². The highest BCUT2D eigenvalue weighted by molar-refractivity contribution is 6.04. The molecule has 1 heterocycles. The van der Waals surface area contributed by atoms with Crippen LogP contribution in [-0.4, -0.2) is 19.3 Å². The molecule has 0 N–H and O–H groups in total. The van der Waals surface area contributed by atoms with Gasteiger partial charge in [-0.3, -0.25) is 0 Å². The number of halogens is 1. The predicted octanol–water partition coefficient (Wildman–Crippen LogP) is 5.58. The molecule has 128 valence electrons. The minimum absolute atomic E-state index is 0.112. The standard InChI is InChI=1S/C23H17FO2/c24-22-12-18(8-9-23(22)26-14-19-13-25-19)20-7-3-6-17-10-15-4-1-2-5-16(15)11-21(17)20/h1-12,19H,13-14H2. The third-order valence-electron chi connectivity index (χ3n) is 4.82. The van der Waals surface area contributed by atoms with Crippen molar-refractivity contribution in [3.8, 4) is 16.9 Å². The topological polar surface area (TPSA) is 21.8 Å². The molecule has 0 aliphatic carbocycles. The van der Waals surface area contributed by atoms with E-state index in [1.807, 2.05) is 30.3 Å². The molecule has 1 fully saturated rings. The number of epoxide rings is 1. The Morgan fingerprint density at radius 3 is 2.42 bits per heavy atom. The smallest absolute Gasteiger partial charge is 0.165 e. The first-order valence-electron chi connectivity index (χ1n) is 8.74. The number of ether oxygens (including phenoxy) is 2. The number of hydrogen-bond donors (Lipinski definition) is 0. The maximum Gasteiger partial charge on any atom is 0.165 e. The number of benzene rings is 4. The van der Waals surface area contributed by atoms with Gasteiger partial charge in [-0.25, -0.2) is 4.39 Å². The van der Waals surface area contributed by atoms with Crippen molar-refractivity contribution >= 4 is 21.5 Å². The second-order valence-electron chi connectivity index (χ2n) is 6.64. The third kappa shape index (κ3) is 2.80. The van der Waals surface area contributed by atoms with Gasteiger partial charge in [0, 0.05) is 0 Å². The molecule has 2 nitrogen and oxygen atoms in total. The summed E-state index contributed by atoms with van der Waals surface area (Å²) in [5.41, 5.74) is 1.86. The average Bonchev–Trinajstić information content (AvgIpc) is 3.49. The summed E-state index contributed by atoms with van der Waals surface area (Å²) in [4.78, 5) is 0. The summed E-state index contributed by atoms with van der Waals surface area (Å²) in [6.07, 6.45) is 0.112. The molecule has 0 radical (unpaired) electrons. The van der Waals surface area contributed by atoms with Crippen molar-refractivity contribution in [3.05, 3.63) is 78.6 Å². The van der Waals surface area contributed by atoms with E-state index in [-0.39, 0.29) is 17.7 Å². The molecule has 1 unspecified atom stereocenters. The molecule has 4 aromatic rings. The molecule has 0 amide bonds. The third-order valence-corrected chi connectivity index (χ3v) is 4.82. The fourth-order valence-corrected chi connectivity index (χ4v) is 3.35. The summed E-state index contributed by atoms with van der Waals surface area (Å²) >= 11 is 0. The van der Waals surface area contributed by atoms with Crippen LogP contribution < -0.4 is 4.74 Å². The number of rotatable bonds is 4. The molecular weight excluding hydrogens is 327 g/mol. The zero-order chi connectivity index (χ0) is 17.5. The molecule has 3 heteroatoms. The Balaban J connectivity index is 1.59. The van der Waals surface area contributed by atoms with Gasteiger partial charge >= 0.3 is 0 Å². The van der Waals surface area contributed by atoms with Crippen LogP contribution in [0.1, 0.15) is 0 Å². The van der Waals surface area contributed by atoms with Gasteiger partial charge in [0.1, 0.15) is 12.7 Å². The molecule has 1 saturated heterocycles. The van der Waals surface area contributed by atoms with E-state index in [9.17, 15) is 4.39 Å². The van der Waals surface area contributed by atoms with Crippen LogP contribution in [0.5, 0.6) is 5.75 Å². The van der Waals surface area contributed by atoms with E-state index in [1.165, 1.54) is 10.8 Å². The summed E-state index contributed by atoms with van der Waals surface area (Å²) in [5.74, 6) is -0.0733. The van der Waals surface area contributed by atoms with E-state index in [0.717, 1.165) is 21.9 Å². The SMILES string of the molecule is Fc1cc(-c2cccc3cc4ccccc4cc23)ccc1OCC1CO1. The van der Waals surface area contributed by atoms with Crippen molar-refractivity contribution in [1.29, 1.82) is 0 Å². The van der Waals surface area contributed by atoms with Gasteiger partial charge in [-0.05, 0) is 56.9 Å². The van der Waals surface area contributed by atoms with Crippen LogP contribution in [0.25, 0.3) is 32.7 Å². The first kappa shape index (κ1) is 15.4. The Bertz CT molecular complexity index is 1120. The quantitative estimate of drug-likeness (QED) is 0.356. The lowest BCUT2D eigenvalue weighted by molar-refractivity contribution is 0.254. The highest BCUT2D eigenvalue weighted by atomic mass is 19.1. The van der Waals surface area contributed by atoms with Crippen LogP contribution in [-0.2, 0) is 4.74 Å². The molecule has 1 aliphatic heterocycles. The van der Waals surface area contributed by atoms with Crippen LogP contribution in [0, 0.1) is 5.82 Å². The molecule has 5 rings (SSSR count). The van der Waals surface area contributed by atoms with Gasteiger partial charge in [0.2, 0.25) is 0 Å². The van der Waals surface area contributed by atoms with E-state index in [2.05, 4.69) is 30.3 Å².